The molecule has 5 nitrogen and oxygen atoms in total. The molecule has 5 heteroatoms. The van der Waals surface area contributed by atoms with Crippen molar-refractivity contribution in [2.75, 3.05) is 43.4 Å². The Morgan fingerprint density at radius 3 is 2.16 bits per heavy atom. The lowest BCUT2D eigenvalue weighted by molar-refractivity contribution is 0.313. The molecule has 1 aromatic heterocycles. The molecule has 37 heavy (non-hydrogen) atoms. The quantitative estimate of drug-likeness (QED) is 0.275. The van der Waals surface area contributed by atoms with Crippen molar-refractivity contribution >= 4 is 28.0 Å². The maximum absolute atomic E-state index is 5.95. The minimum Gasteiger partial charge on any atom is -0.457 e. The first-order valence-corrected chi connectivity index (χ1v) is 12.7. The van der Waals surface area contributed by atoms with Gasteiger partial charge in [0.1, 0.15) is 11.5 Å². The van der Waals surface area contributed by atoms with Gasteiger partial charge >= 0.3 is 0 Å². The number of ether oxygens (including phenoxy) is 1. The predicted octanol–water partition coefficient (Wildman–Crippen LogP) is 7.19. The van der Waals surface area contributed by atoms with E-state index in [1.54, 1.807) is 0 Å². The van der Waals surface area contributed by atoms with Crippen LogP contribution in [0.1, 0.15) is 0 Å². The molecule has 1 N–H and O–H groups in total. The summed E-state index contributed by atoms with van der Waals surface area (Å²) in [4.78, 5) is 9.42. The summed E-state index contributed by atoms with van der Waals surface area (Å²) in [6.07, 6.45) is 1.86. The Hall–Kier alpha value is -4.35. The van der Waals surface area contributed by atoms with Crippen LogP contribution in [0.5, 0.6) is 11.5 Å². The molecule has 0 saturated carbocycles. The third-order valence-corrected chi connectivity index (χ3v) is 6.92. The maximum Gasteiger partial charge on any atom is 0.127 e. The topological polar surface area (TPSA) is 40.6 Å². The van der Waals surface area contributed by atoms with Crippen LogP contribution in [-0.4, -0.2) is 43.1 Å². The van der Waals surface area contributed by atoms with Gasteiger partial charge in [0.2, 0.25) is 0 Å². The van der Waals surface area contributed by atoms with Gasteiger partial charge in [-0.15, -0.1) is 0 Å². The molecular formula is C32H30N4O. The van der Waals surface area contributed by atoms with Crippen LogP contribution in [-0.2, 0) is 0 Å². The number of nitrogens with zero attached hydrogens (tertiary/aromatic N) is 3. The molecule has 1 aliphatic rings. The van der Waals surface area contributed by atoms with Crippen LogP contribution in [0.4, 0.5) is 17.1 Å². The average molecular weight is 487 g/mol. The van der Waals surface area contributed by atoms with Crippen molar-refractivity contribution in [1.82, 2.24) is 9.88 Å². The molecule has 0 radical (unpaired) electrons. The first-order valence-electron chi connectivity index (χ1n) is 12.7. The number of likely N-dealkylation sites (N-methyl/N-ethyl adjacent to an activating group) is 1. The minimum absolute atomic E-state index is 0.819. The molecule has 0 atom stereocenters. The minimum atomic E-state index is 0.819. The standard InChI is InChI=1S/C32H30N4O/c1-35-19-21-36(22-20-35)27-12-10-26(11-13-27)34-32-17-18-33-31-16-9-25(23-30(31)32)24-7-14-29(15-8-24)37-28-5-3-2-4-6-28/h2-18,23H,19-22H2,1H3,(H,33,34). The second-order valence-electron chi connectivity index (χ2n) is 9.49. The number of anilines is 3. The summed E-state index contributed by atoms with van der Waals surface area (Å²) in [5.74, 6) is 1.65. The van der Waals surface area contributed by atoms with E-state index in [4.69, 9.17) is 4.74 Å². The second-order valence-corrected chi connectivity index (χ2v) is 9.49. The zero-order chi connectivity index (χ0) is 25.0. The van der Waals surface area contributed by atoms with Crippen molar-refractivity contribution in [2.45, 2.75) is 0 Å². The van der Waals surface area contributed by atoms with Gasteiger partial charge in [-0.05, 0) is 84.9 Å². The summed E-state index contributed by atoms with van der Waals surface area (Å²) >= 11 is 0. The molecule has 6 rings (SSSR count). The summed E-state index contributed by atoms with van der Waals surface area (Å²) < 4.78 is 5.95. The number of pyridine rings is 1. The van der Waals surface area contributed by atoms with Gasteiger partial charge < -0.3 is 19.9 Å². The molecule has 0 spiro atoms. The van der Waals surface area contributed by atoms with Crippen LogP contribution in [0, 0.1) is 0 Å². The van der Waals surface area contributed by atoms with Crippen LogP contribution >= 0.6 is 0 Å². The number of para-hydroxylation sites is 1. The van der Waals surface area contributed by atoms with Crippen molar-refractivity contribution in [3.63, 3.8) is 0 Å². The zero-order valence-corrected chi connectivity index (χ0v) is 21.0. The summed E-state index contributed by atoms with van der Waals surface area (Å²) in [6.45, 7) is 4.35. The monoisotopic (exact) mass is 486 g/mol. The van der Waals surface area contributed by atoms with E-state index < -0.39 is 0 Å². The van der Waals surface area contributed by atoms with Gasteiger partial charge in [-0.2, -0.15) is 0 Å². The first kappa shape index (κ1) is 23.1. The fourth-order valence-electron chi connectivity index (χ4n) is 4.75. The van der Waals surface area contributed by atoms with Gasteiger partial charge in [0.25, 0.3) is 0 Å². The van der Waals surface area contributed by atoms with Gasteiger partial charge in [0.05, 0.1) is 5.52 Å². The van der Waals surface area contributed by atoms with E-state index in [-0.39, 0.29) is 0 Å². The highest BCUT2D eigenvalue weighted by molar-refractivity contribution is 5.95. The van der Waals surface area contributed by atoms with Crippen molar-refractivity contribution in [2.24, 2.45) is 0 Å². The lowest BCUT2D eigenvalue weighted by Gasteiger charge is -2.34. The normalized spacial score (nSPS) is 14.0. The predicted molar refractivity (Wildman–Crippen MR) is 153 cm³/mol. The number of benzene rings is 4. The van der Waals surface area contributed by atoms with Crippen molar-refractivity contribution < 1.29 is 4.74 Å². The third-order valence-electron chi connectivity index (χ3n) is 6.92. The fraction of sp³-hybridized carbons (Fsp3) is 0.156. The summed E-state index contributed by atoms with van der Waals surface area (Å²) in [6, 6.07) is 35.3. The number of aromatic nitrogens is 1. The van der Waals surface area contributed by atoms with E-state index in [9.17, 15) is 0 Å². The molecule has 184 valence electrons. The molecule has 5 aromatic rings. The van der Waals surface area contributed by atoms with Crippen molar-refractivity contribution in [3.05, 3.63) is 109 Å². The van der Waals surface area contributed by atoms with Gasteiger partial charge in [0, 0.05) is 54.8 Å². The van der Waals surface area contributed by atoms with Crippen LogP contribution in [0.3, 0.4) is 0 Å². The smallest absolute Gasteiger partial charge is 0.127 e. The maximum atomic E-state index is 5.95. The highest BCUT2D eigenvalue weighted by Gasteiger charge is 2.14. The molecular weight excluding hydrogens is 456 g/mol. The molecule has 0 bridgehead atoms. The van der Waals surface area contributed by atoms with Crippen LogP contribution < -0.4 is 15.0 Å². The molecule has 0 amide bonds. The summed E-state index contributed by atoms with van der Waals surface area (Å²) in [5, 5.41) is 4.70. The SMILES string of the molecule is CN1CCN(c2ccc(Nc3ccnc4ccc(-c5ccc(Oc6ccccc6)cc5)cc34)cc2)CC1. The molecule has 0 unspecified atom stereocenters. The Labute approximate surface area is 218 Å². The van der Waals surface area contributed by atoms with Gasteiger partial charge in [-0.3, -0.25) is 4.98 Å². The molecule has 1 saturated heterocycles. The number of hydrogen-bond acceptors (Lipinski definition) is 5. The first-order chi connectivity index (χ1) is 18.2. The highest BCUT2D eigenvalue weighted by atomic mass is 16.5. The van der Waals surface area contributed by atoms with Crippen LogP contribution in [0.2, 0.25) is 0 Å². The van der Waals surface area contributed by atoms with Crippen molar-refractivity contribution in [1.29, 1.82) is 0 Å². The van der Waals surface area contributed by atoms with E-state index >= 15 is 0 Å². The Kier molecular flexibility index (Phi) is 6.44. The summed E-state index contributed by atoms with van der Waals surface area (Å²) in [7, 11) is 2.18. The van der Waals surface area contributed by atoms with E-state index in [2.05, 4.69) is 81.7 Å². The zero-order valence-electron chi connectivity index (χ0n) is 21.0. The average Bonchev–Trinajstić information content (AvgIpc) is 2.95. The van der Waals surface area contributed by atoms with E-state index in [0.29, 0.717) is 0 Å². The number of piperazine rings is 1. The molecule has 1 aliphatic heterocycles. The van der Waals surface area contributed by atoms with Gasteiger partial charge in [-0.25, -0.2) is 0 Å². The Morgan fingerprint density at radius 2 is 1.41 bits per heavy atom. The number of nitrogens with one attached hydrogen (secondary N) is 1. The molecule has 4 aromatic carbocycles. The van der Waals surface area contributed by atoms with Gasteiger partial charge in [0.15, 0.2) is 0 Å². The second kappa shape index (κ2) is 10.3. The molecule has 2 heterocycles. The van der Waals surface area contributed by atoms with Crippen LogP contribution in [0.25, 0.3) is 22.0 Å². The van der Waals surface area contributed by atoms with Crippen LogP contribution in [0.15, 0.2) is 109 Å². The van der Waals surface area contributed by atoms with E-state index in [1.165, 1.54) is 5.69 Å². The van der Waals surface area contributed by atoms with Gasteiger partial charge in [-0.1, -0.05) is 36.4 Å². The third kappa shape index (κ3) is 5.27. The number of hydrogen-bond donors (Lipinski definition) is 1. The Morgan fingerprint density at radius 1 is 0.703 bits per heavy atom. The lowest BCUT2D eigenvalue weighted by Crippen LogP contribution is -2.44. The number of fused-ring (bicyclic) bond motifs is 1. The van der Waals surface area contributed by atoms with Crippen molar-refractivity contribution in [3.8, 4) is 22.6 Å². The Bertz CT molecular complexity index is 1480. The lowest BCUT2D eigenvalue weighted by atomic mass is 10.0. The van der Waals surface area contributed by atoms with E-state index in [0.717, 1.165) is 71.1 Å². The van der Waals surface area contributed by atoms with E-state index in [1.807, 2.05) is 54.7 Å². The Balaban J connectivity index is 1.21. The highest BCUT2D eigenvalue weighted by Crippen LogP contribution is 2.32. The summed E-state index contributed by atoms with van der Waals surface area (Å²) in [5.41, 5.74) is 6.63. The number of rotatable bonds is 6. The fourth-order valence-corrected chi connectivity index (χ4v) is 4.75. The molecule has 1 fully saturated rings. The molecule has 0 aliphatic carbocycles. The largest absolute Gasteiger partial charge is 0.457 e.